The first-order chi connectivity index (χ1) is 8.52. The first-order valence-electron chi connectivity index (χ1n) is 6.10. The van der Waals surface area contributed by atoms with Gasteiger partial charge in [-0.05, 0) is 25.3 Å². The van der Waals surface area contributed by atoms with Crippen molar-refractivity contribution in [2.24, 2.45) is 11.0 Å². The molecular formula is C11H18N4O3. The van der Waals surface area contributed by atoms with Crippen molar-refractivity contribution in [3.63, 3.8) is 0 Å². The van der Waals surface area contributed by atoms with Gasteiger partial charge in [0.2, 0.25) is 5.91 Å². The van der Waals surface area contributed by atoms with Gasteiger partial charge in [-0.15, -0.1) is 0 Å². The van der Waals surface area contributed by atoms with E-state index in [1.54, 1.807) is 4.90 Å². The van der Waals surface area contributed by atoms with Gasteiger partial charge in [0.1, 0.15) is 0 Å². The summed E-state index contributed by atoms with van der Waals surface area (Å²) in [6, 6.07) is -0.0263. The molecule has 1 amide bonds. The molecule has 0 N–H and O–H groups in total. The average molecular weight is 254 g/mol. The lowest BCUT2D eigenvalue weighted by Gasteiger charge is -2.38. The highest BCUT2D eigenvalue weighted by Gasteiger charge is 2.38. The first-order valence-corrected chi connectivity index (χ1v) is 6.10. The second kappa shape index (κ2) is 5.14. The summed E-state index contributed by atoms with van der Waals surface area (Å²) in [6.07, 6.45) is 0.443. The second-order valence-electron chi connectivity index (χ2n) is 5.21. The van der Waals surface area contributed by atoms with Crippen molar-refractivity contribution < 1.29 is 14.3 Å². The van der Waals surface area contributed by atoms with Gasteiger partial charge in [0.25, 0.3) is 0 Å². The van der Waals surface area contributed by atoms with Gasteiger partial charge in [0.15, 0.2) is 5.79 Å². The summed E-state index contributed by atoms with van der Waals surface area (Å²) in [4.78, 5) is 16.4. The van der Waals surface area contributed by atoms with Crippen LogP contribution in [0.15, 0.2) is 5.11 Å². The van der Waals surface area contributed by atoms with Crippen molar-refractivity contribution in [2.45, 2.75) is 32.1 Å². The SMILES string of the molecule is CC1(C)OCC(N2CC(CN=[N+]=[N-])CC2=O)CO1. The van der Waals surface area contributed by atoms with Crippen LogP contribution < -0.4 is 0 Å². The maximum absolute atomic E-state index is 11.9. The highest BCUT2D eigenvalue weighted by Crippen LogP contribution is 2.25. The van der Waals surface area contributed by atoms with Crippen LogP contribution in [0, 0.1) is 5.92 Å². The minimum Gasteiger partial charge on any atom is -0.348 e. The lowest BCUT2D eigenvalue weighted by molar-refractivity contribution is -0.262. The van der Waals surface area contributed by atoms with Gasteiger partial charge in [-0.3, -0.25) is 4.79 Å². The predicted molar refractivity (Wildman–Crippen MR) is 63.6 cm³/mol. The molecule has 0 saturated carbocycles. The fraction of sp³-hybridized carbons (Fsp3) is 0.909. The summed E-state index contributed by atoms with van der Waals surface area (Å²) >= 11 is 0. The van der Waals surface area contributed by atoms with Gasteiger partial charge in [-0.25, -0.2) is 0 Å². The molecule has 2 rings (SSSR count). The number of carbonyl (C=O) groups excluding carboxylic acids is 1. The third-order valence-electron chi connectivity index (χ3n) is 3.33. The van der Waals surface area contributed by atoms with Crippen molar-refractivity contribution in [3.8, 4) is 0 Å². The van der Waals surface area contributed by atoms with E-state index in [1.165, 1.54) is 0 Å². The molecule has 0 radical (unpaired) electrons. The maximum Gasteiger partial charge on any atom is 0.223 e. The molecule has 0 aliphatic carbocycles. The molecule has 0 aromatic carbocycles. The van der Waals surface area contributed by atoms with Gasteiger partial charge in [0, 0.05) is 24.4 Å². The zero-order chi connectivity index (χ0) is 13.2. The van der Waals surface area contributed by atoms with E-state index in [2.05, 4.69) is 10.0 Å². The Morgan fingerprint density at radius 3 is 2.78 bits per heavy atom. The molecule has 2 fully saturated rings. The number of carbonyl (C=O) groups is 1. The molecule has 0 aromatic rings. The number of hydrogen-bond acceptors (Lipinski definition) is 4. The number of nitrogens with zero attached hydrogens (tertiary/aromatic N) is 4. The van der Waals surface area contributed by atoms with Crippen LogP contribution in [0.4, 0.5) is 0 Å². The van der Waals surface area contributed by atoms with E-state index < -0.39 is 5.79 Å². The van der Waals surface area contributed by atoms with Crippen LogP contribution in [0.3, 0.4) is 0 Å². The normalized spacial score (nSPS) is 28.2. The third-order valence-corrected chi connectivity index (χ3v) is 3.33. The average Bonchev–Trinajstić information content (AvgIpc) is 2.68. The zero-order valence-corrected chi connectivity index (χ0v) is 10.7. The minimum atomic E-state index is -0.566. The van der Waals surface area contributed by atoms with E-state index in [-0.39, 0.29) is 17.9 Å². The molecule has 1 unspecified atom stereocenters. The molecule has 0 spiro atoms. The van der Waals surface area contributed by atoms with Crippen molar-refractivity contribution in [1.82, 2.24) is 4.90 Å². The summed E-state index contributed by atoms with van der Waals surface area (Å²) in [5, 5.41) is 3.53. The summed E-state index contributed by atoms with van der Waals surface area (Å²) < 4.78 is 11.1. The van der Waals surface area contributed by atoms with Gasteiger partial charge in [0.05, 0.1) is 19.3 Å². The first kappa shape index (κ1) is 13.1. The Bertz CT molecular complexity index is 368. The molecule has 2 aliphatic rings. The molecule has 2 heterocycles. The Balaban J connectivity index is 1.90. The largest absolute Gasteiger partial charge is 0.348 e. The van der Waals surface area contributed by atoms with Crippen molar-refractivity contribution in [3.05, 3.63) is 10.4 Å². The Hall–Kier alpha value is -1.30. The van der Waals surface area contributed by atoms with Crippen LogP contribution in [-0.4, -0.2) is 48.9 Å². The number of azide groups is 1. The molecule has 2 saturated heterocycles. The summed E-state index contributed by atoms with van der Waals surface area (Å²) in [5.41, 5.74) is 8.28. The molecular weight excluding hydrogens is 236 g/mol. The Kier molecular flexibility index (Phi) is 3.75. The van der Waals surface area contributed by atoms with Crippen molar-refractivity contribution >= 4 is 5.91 Å². The van der Waals surface area contributed by atoms with Crippen LogP contribution in [0.2, 0.25) is 0 Å². The fourth-order valence-corrected chi connectivity index (χ4v) is 2.30. The topological polar surface area (TPSA) is 87.5 Å². The molecule has 0 aromatic heterocycles. The van der Waals surface area contributed by atoms with Gasteiger partial charge >= 0.3 is 0 Å². The van der Waals surface area contributed by atoms with Crippen LogP contribution in [0.1, 0.15) is 20.3 Å². The van der Waals surface area contributed by atoms with Crippen LogP contribution in [0.5, 0.6) is 0 Å². The second-order valence-corrected chi connectivity index (χ2v) is 5.21. The van der Waals surface area contributed by atoms with Gasteiger partial charge in [-0.2, -0.15) is 0 Å². The van der Waals surface area contributed by atoms with Crippen LogP contribution in [0.25, 0.3) is 10.4 Å². The van der Waals surface area contributed by atoms with Gasteiger partial charge < -0.3 is 14.4 Å². The molecule has 7 nitrogen and oxygen atoms in total. The lowest BCUT2D eigenvalue weighted by atomic mass is 10.1. The molecule has 1 atom stereocenters. The van der Waals surface area contributed by atoms with Crippen molar-refractivity contribution in [1.29, 1.82) is 0 Å². The molecule has 7 heteroatoms. The Labute approximate surface area is 106 Å². The highest BCUT2D eigenvalue weighted by molar-refractivity contribution is 5.79. The number of likely N-dealkylation sites (tertiary alicyclic amines) is 1. The van der Waals surface area contributed by atoms with Crippen LogP contribution >= 0.6 is 0 Å². The molecule has 100 valence electrons. The third kappa shape index (κ3) is 2.93. The lowest BCUT2D eigenvalue weighted by Crippen LogP contribution is -2.51. The van der Waals surface area contributed by atoms with Gasteiger partial charge in [-0.1, -0.05) is 5.11 Å². The summed E-state index contributed by atoms with van der Waals surface area (Å²) in [7, 11) is 0. The number of amides is 1. The van der Waals surface area contributed by atoms with E-state index in [1.807, 2.05) is 13.8 Å². The van der Waals surface area contributed by atoms with Crippen molar-refractivity contribution in [2.75, 3.05) is 26.3 Å². The molecule has 0 bridgehead atoms. The standard InChI is InChI=1S/C11H18N4O3/c1-11(2)17-6-9(7-18-11)15-5-8(3-10(15)16)4-13-14-12/h8-9H,3-7H2,1-2H3. The zero-order valence-electron chi connectivity index (χ0n) is 10.7. The summed E-state index contributed by atoms with van der Waals surface area (Å²) in [6.45, 7) is 5.70. The maximum atomic E-state index is 11.9. The van der Waals surface area contributed by atoms with E-state index in [0.29, 0.717) is 32.7 Å². The number of ether oxygens (including phenoxy) is 2. The Morgan fingerprint density at radius 2 is 2.17 bits per heavy atom. The molecule has 18 heavy (non-hydrogen) atoms. The van der Waals surface area contributed by atoms with Crippen LogP contribution in [-0.2, 0) is 14.3 Å². The quantitative estimate of drug-likeness (QED) is 0.432. The monoisotopic (exact) mass is 254 g/mol. The predicted octanol–water partition coefficient (Wildman–Crippen LogP) is 1.30. The minimum absolute atomic E-state index is 0.0263. The number of hydrogen-bond donors (Lipinski definition) is 0. The van der Waals surface area contributed by atoms with E-state index in [9.17, 15) is 4.79 Å². The van der Waals surface area contributed by atoms with E-state index >= 15 is 0 Å². The number of rotatable bonds is 3. The van der Waals surface area contributed by atoms with E-state index in [0.717, 1.165) is 0 Å². The van der Waals surface area contributed by atoms with E-state index in [4.69, 9.17) is 15.0 Å². The smallest absolute Gasteiger partial charge is 0.223 e. The summed E-state index contributed by atoms with van der Waals surface area (Å²) in [5.74, 6) is -0.363. The fourth-order valence-electron chi connectivity index (χ4n) is 2.30. The highest BCUT2D eigenvalue weighted by atomic mass is 16.7. The Morgan fingerprint density at radius 1 is 1.50 bits per heavy atom. The molecule has 2 aliphatic heterocycles.